The third-order valence-corrected chi connectivity index (χ3v) is 2.44. The van der Waals surface area contributed by atoms with Gasteiger partial charge in [0, 0.05) is 24.3 Å². The number of nitrogens with two attached hydrogens (primary N) is 1. The Labute approximate surface area is 101 Å². The van der Waals surface area contributed by atoms with E-state index in [-0.39, 0.29) is 11.6 Å². The number of hydrogen-bond acceptors (Lipinski definition) is 2. The maximum atomic E-state index is 12.1. The molecule has 7 heteroatoms. The molecule has 0 heterocycles. The minimum Gasteiger partial charge on any atom is -0.399 e. The molecule has 0 spiro atoms. The zero-order valence-electron chi connectivity index (χ0n) is 8.88. The molecule has 1 rings (SSSR count). The number of nitrogens with zero attached hydrogens (tertiary/aromatic N) is 1. The van der Waals surface area contributed by atoms with E-state index < -0.39 is 12.1 Å². The number of nitrogen functional groups attached to an aromatic ring is 1. The standard InChI is InChI=1S/C10H10ClF3N2O/c1-16(9(17)10(12,13)14)5-6-4-7(15)2-3-8(6)11/h2-4H,5,15H2,1H3. The molecule has 0 unspecified atom stereocenters. The molecule has 17 heavy (non-hydrogen) atoms. The Morgan fingerprint density at radius 3 is 2.59 bits per heavy atom. The number of alkyl halides is 3. The zero-order chi connectivity index (χ0) is 13.2. The van der Waals surface area contributed by atoms with Crippen molar-refractivity contribution in [1.29, 1.82) is 0 Å². The normalized spacial score (nSPS) is 11.4. The van der Waals surface area contributed by atoms with Gasteiger partial charge in [0.05, 0.1) is 0 Å². The summed E-state index contributed by atoms with van der Waals surface area (Å²) in [4.78, 5) is 11.4. The minimum atomic E-state index is -4.89. The fourth-order valence-corrected chi connectivity index (χ4v) is 1.44. The molecule has 0 fully saturated rings. The summed E-state index contributed by atoms with van der Waals surface area (Å²) in [7, 11) is 1.05. The molecule has 0 saturated heterocycles. The van der Waals surface area contributed by atoms with Crippen LogP contribution in [0.3, 0.4) is 0 Å². The number of rotatable bonds is 2. The van der Waals surface area contributed by atoms with Gasteiger partial charge in [-0.1, -0.05) is 11.6 Å². The van der Waals surface area contributed by atoms with Crippen molar-refractivity contribution in [3.05, 3.63) is 28.8 Å². The van der Waals surface area contributed by atoms with E-state index in [1.165, 1.54) is 18.2 Å². The van der Waals surface area contributed by atoms with E-state index in [0.29, 0.717) is 16.2 Å². The van der Waals surface area contributed by atoms with Crippen LogP contribution in [0.2, 0.25) is 5.02 Å². The first-order valence-corrected chi connectivity index (χ1v) is 4.96. The summed E-state index contributed by atoms with van der Waals surface area (Å²) in [6.45, 7) is -0.248. The molecule has 0 aliphatic rings. The zero-order valence-corrected chi connectivity index (χ0v) is 9.64. The third-order valence-electron chi connectivity index (χ3n) is 2.07. The van der Waals surface area contributed by atoms with Gasteiger partial charge in [-0.2, -0.15) is 13.2 Å². The van der Waals surface area contributed by atoms with Crippen LogP contribution in [0.4, 0.5) is 18.9 Å². The summed E-state index contributed by atoms with van der Waals surface area (Å²) < 4.78 is 36.4. The van der Waals surface area contributed by atoms with Crippen LogP contribution in [0.25, 0.3) is 0 Å². The van der Waals surface area contributed by atoms with Gasteiger partial charge in [-0.3, -0.25) is 4.79 Å². The first-order chi connectivity index (χ1) is 7.71. The molecule has 1 amide bonds. The lowest BCUT2D eigenvalue weighted by molar-refractivity contribution is -0.184. The summed E-state index contributed by atoms with van der Waals surface area (Å²) in [5.41, 5.74) is 6.22. The third kappa shape index (κ3) is 3.52. The van der Waals surface area contributed by atoms with Crippen LogP contribution < -0.4 is 5.73 Å². The van der Waals surface area contributed by atoms with Gasteiger partial charge in [-0.25, -0.2) is 0 Å². The lowest BCUT2D eigenvalue weighted by atomic mass is 10.2. The fourth-order valence-electron chi connectivity index (χ4n) is 1.26. The van der Waals surface area contributed by atoms with Gasteiger partial charge in [-0.05, 0) is 23.8 Å². The van der Waals surface area contributed by atoms with Crippen LogP contribution in [0, 0.1) is 0 Å². The Morgan fingerprint density at radius 2 is 2.06 bits per heavy atom. The van der Waals surface area contributed by atoms with Gasteiger partial charge in [0.2, 0.25) is 0 Å². The highest BCUT2D eigenvalue weighted by Gasteiger charge is 2.41. The average molecular weight is 267 g/mol. The minimum absolute atomic E-state index is 0.248. The van der Waals surface area contributed by atoms with Gasteiger partial charge >= 0.3 is 12.1 Å². The number of halogens is 4. The second-order valence-electron chi connectivity index (χ2n) is 3.51. The van der Waals surface area contributed by atoms with Crippen molar-refractivity contribution < 1.29 is 18.0 Å². The first kappa shape index (κ1) is 13.6. The summed E-state index contributed by atoms with van der Waals surface area (Å²) in [6.07, 6.45) is -4.89. The van der Waals surface area contributed by atoms with Gasteiger partial charge in [0.1, 0.15) is 0 Å². The molecule has 0 saturated carbocycles. The first-order valence-electron chi connectivity index (χ1n) is 4.58. The maximum Gasteiger partial charge on any atom is 0.471 e. The van der Waals surface area contributed by atoms with Crippen molar-refractivity contribution in [3.8, 4) is 0 Å². The van der Waals surface area contributed by atoms with E-state index in [1.54, 1.807) is 0 Å². The molecular formula is C10H10ClF3N2O. The number of amides is 1. The highest BCUT2D eigenvalue weighted by atomic mass is 35.5. The quantitative estimate of drug-likeness (QED) is 0.836. The fraction of sp³-hybridized carbons (Fsp3) is 0.300. The highest BCUT2D eigenvalue weighted by Crippen LogP contribution is 2.23. The number of carbonyl (C=O) groups is 1. The predicted octanol–water partition coefficient (Wildman–Crippen LogP) is 2.44. The summed E-state index contributed by atoms with van der Waals surface area (Å²) in [6, 6.07) is 4.43. The number of hydrogen-bond donors (Lipinski definition) is 1. The van der Waals surface area contributed by atoms with E-state index in [2.05, 4.69) is 0 Å². The maximum absolute atomic E-state index is 12.1. The van der Waals surface area contributed by atoms with Crippen LogP contribution in [0.15, 0.2) is 18.2 Å². The van der Waals surface area contributed by atoms with E-state index in [0.717, 1.165) is 7.05 Å². The van der Waals surface area contributed by atoms with Crippen LogP contribution in [-0.4, -0.2) is 24.0 Å². The summed E-state index contributed by atoms with van der Waals surface area (Å²) >= 11 is 5.78. The summed E-state index contributed by atoms with van der Waals surface area (Å²) in [5, 5.41) is 0.265. The van der Waals surface area contributed by atoms with Crippen molar-refractivity contribution in [2.24, 2.45) is 0 Å². The van der Waals surface area contributed by atoms with Crippen molar-refractivity contribution in [3.63, 3.8) is 0 Å². The van der Waals surface area contributed by atoms with Crippen LogP contribution in [0.1, 0.15) is 5.56 Å². The molecule has 0 aliphatic carbocycles. The molecule has 2 N–H and O–H groups in total. The van der Waals surface area contributed by atoms with E-state index in [4.69, 9.17) is 17.3 Å². The van der Waals surface area contributed by atoms with Crippen LogP contribution >= 0.6 is 11.6 Å². The topological polar surface area (TPSA) is 46.3 Å². The van der Waals surface area contributed by atoms with Crippen LogP contribution in [0.5, 0.6) is 0 Å². The lowest BCUT2D eigenvalue weighted by Gasteiger charge is -2.19. The van der Waals surface area contributed by atoms with E-state index in [1.807, 2.05) is 0 Å². The summed E-state index contributed by atoms with van der Waals surface area (Å²) in [5.74, 6) is -1.92. The molecule has 94 valence electrons. The monoisotopic (exact) mass is 266 g/mol. The molecule has 0 aliphatic heterocycles. The second kappa shape index (κ2) is 4.83. The predicted molar refractivity (Wildman–Crippen MR) is 58.4 cm³/mol. The smallest absolute Gasteiger partial charge is 0.399 e. The largest absolute Gasteiger partial charge is 0.471 e. The number of carbonyl (C=O) groups excluding carboxylic acids is 1. The van der Waals surface area contributed by atoms with Gasteiger partial charge in [-0.15, -0.1) is 0 Å². The number of benzene rings is 1. The highest BCUT2D eigenvalue weighted by molar-refractivity contribution is 6.31. The Bertz CT molecular complexity index is 434. The van der Waals surface area contributed by atoms with Crippen molar-refractivity contribution in [2.75, 3.05) is 12.8 Å². The molecule has 0 atom stereocenters. The Balaban J connectivity index is 2.85. The van der Waals surface area contributed by atoms with Crippen LogP contribution in [-0.2, 0) is 11.3 Å². The lowest BCUT2D eigenvalue weighted by Crippen LogP contribution is -2.38. The van der Waals surface area contributed by atoms with Gasteiger partial charge in [0.25, 0.3) is 0 Å². The molecule has 0 bridgehead atoms. The molecule has 1 aromatic carbocycles. The van der Waals surface area contributed by atoms with Crippen molar-refractivity contribution >= 4 is 23.2 Å². The van der Waals surface area contributed by atoms with E-state index >= 15 is 0 Å². The molecular weight excluding hydrogens is 257 g/mol. The van der Waals surface area contributed by atoms with Crippen molar-refractivity contribution in [1.82, 2.24) is 4.90 Å². The Morgan fingerprint density at radius 1 is 1.47 bits per heavy atom. The van der Waals surface area contributed by atoms with Crippen molar-refractivity contribution in [2.45, 2.75) is 12.7 Å². The van der Waals surface area contributed by atoms with E-state index in [9.17, 15) is 18.0 Å². The molecule has 0 radical (unpaired) electrons. The second-order valence-corrected chi connectivity index (χ2v) is 3.92. The molecule has 1 aromatic rings. The molecule has 0 aromatic heterocycles. The van der Waals surface area contributed by atoms with Gasteiger partial charge < -0.3 is 10.6 Å². The number of anilines is 1. The Kier molecular flexibility index (Phi) is 3.87. The molecule has 3 nitrogen and oxygen atoms in total. The SMILES string of the molecule is CN(Cc1cc(N)ccc1Cl)C(=O)C(F)(F)F. The Hall–Kier alpha value is -1.43. The average Bonchev–Trinajstić information content (AvgIpc) is 2.21. The van der Waals surface area contributed by atoms with Gasteiger partial charge in [0.15, 0.2) is 0 Å².